The summed E-state index contributed by atoms with van der Waals surface area (Å²) in [5.41, 5.74) is 8.74. The summed E-state index contributed by atoms with van der Waals surface area (Å²) in [6, 6.07) is 3.95. The molecule has 1 aliphatic carbocycles. The fraction of sp³-hybridized carbons (Fsp3) is 0.647. The zero-order chi connectivity index (χ0) is 14.9. The first-order chi connectivity index (χ1) is 9.41. The maximum atomic E-state index is 13.8. The fourth-order valence-electron chi connectivity index (χ4n) is 3.40. The summed E-state index contributed by atoms with van der Waals surface area (Å²) < 4.78 is 13.8. The van der Waals surface area contributed by atoms with Gasteiger partial charge in [0.1, 0.15) is 5.82 Å². The van der Waals surface area contributed by atoms with Gasteiger partial charge in [-0.1, -0.05) is 19.8 Å². The summed E-state index contributed by atoms with van der Waals surface area (Å²) in [5, 5.41) is 0. The van der Waals surface area contributed by atoms with Gasteiger partial charge in [0.25, 0.3) is 0 Å². The van der Waals surface area contributed by atoms with Crippen molar-refractivity contribution >= 4 is 5.69 Å². The predicted octanol–water partition coefficient (Wildman–Crippen LogP) is 4.17. The Bertz CT molecular complexity index is 470. The van der Waals surface area contributed by atoms with E-state index in [2.05, 4.69) is 18.9 Å². The summed E-state index contributed by atoms with van der Waals surface area (Å²) in [6.45, 7) is 6.07. The molecule has 1 saturated carbocycles. The molecule has 2 N–H and O–H groups in total. The summed E-state index contributed by atoms with van der Waals surface area (Å²) in [4.78, 5) is 2.33. The number of nitrogens with two attached hydrogens (primary N) is 1. The molecule has 3 atom stereocenters. The molecular formula is C17H27FN2. The monoisotopic (exact) mass is 278 g/mol. The summed E-state index contributed by atoms with van der Waals surface area (Å²) >= 11 is 0. The highest BCUT2D eigenvalue weighted by molar-refractivity contribution is 5.57. The second-order valence-electron chi connectivity index (χ2n) is 6.39. The van der Waals surface area contributed by atoms with Gasteiger partial charge in [0.05, 0.1) is 0 Å². The highest BCUT2D eigenvalue weighted by atomic mass is 19.1. The molecule has 20 heavy (non-hydrogen) atoms. The van der Waals surface area contributed by atoms with Crippen molar-refractivity contribution in [3.05, 3.63) is 29.1 Å². The highest BCUT2D eigenvalue weighted by Crippen LogP contribution is 2.34. The molecule has 2 nitrogen and oxygen atoms in total. The van der Waals surface area contributed by atoms with Crippen molar-refractivity contribution in [1.82, 2.24) is 0 Å². The number of nitrogens with zero attached hydrogens (tertiary/aromatic N) is 1. The van der Waals surface area contributed by atoms with Crippen molar-refractivity contribution in [2.75, 3.05) is 11.9 Å². The molecule has 2 rings (SSSR count). The molecule has 112 valence electrons. The zero-order valence-corrected chi connectivity index (χ0v) is 13.1. The minimum absolute atomic E-state index is 0.151. The largest absolute Gasteiger partial charge is 0.371 e. The van der Waals surface area contributed by atoms with E-state index in [0.29, 0.717) is 17.5 Å². The molecule has 0 aromatic heterocycles. The highest BCUT2D eigenvalue weighted by Gasteiger charge is 2.27. The maximum absolute atomic E-state index is 13.8. The van der Waals surface area contributed by atoms with Crippen molar-refractivity contribution in [1.29, 1.82) is 0 Å². The lowest BCUT2D eigenvalue weighted by Crippen LogP contribution is -2.39. The van der Waals surface area contributed by atoms with E-state index in [1.165, 1.54) is 25.7 Å². The van der Waals surface area contributed by atoms with Gasteiger partial charge in [-0.3, -0.25) is 0 Å². The zero-order valence-electron chi connectivity index (χ0n) is 13.1. The maximum Gasteiger partial charge on any atom is 0.126 e. The standard InChI is InChI=1S/C17H27FN2/c1-11-7-5-6-8-16(11)20(4)17-9-12(2)15(18)10-14(17)13(3)19/h9-11,13,16H,5-8,19H2,1-4H3/t11?,13-,16?/m1/s1. The van der Waals surface area contributed by atoms with Crippen LogP contribution in [0, 0.1) is 18.7 Å². The van der Waals surface area contributed by atoms with Crippen LogP contribution >= 0.6 is 0 Å². The van der Waals surface area contributed by atoms with Crippen molar-refractivity contribution in [2.45, 2.75) is 58.5 Å². The molecule has 0 spiro atoms. The molecular weight excluding hydrogens is 251 g/mol. The Kier molecular flexibility index (Phi) is 4.69. The molecule has 0 heterocycles. The van der Waals surface area contributed by atoms with Crippen LogP contribution in [0.4, 0.5) is 10.1 Å². The third-order valence-electron chi connectivity index (χ3n) is 4.74. The van der Waals surface area contributed by atoms with E-state index in [4.69, 9.17) is 5.73 Å². The molecule has 1 aromatic carbocycles. The van der Waals surface area contributed by atoms with E-state index in [1.807, 2.05) is 19.9 Å². The topological polar surface area (TPSA) is 29.3 Å². The van der Waals surface area contributed by atoms with Gasteiger partial charge in [-0.15, -0.1) is 0 Å². The van der Waals surface area contributed by atoms with Crippen LogP contribution in [0.25, 0.3) is 0 Å². The number of aryl methyl sites for hydroxylation is 1. The molecule has 2 unspecified atom stereocenters. The van der Waals surface area contributed by atoms with E-state index in [9.17, 15) is 4.39 Å². The predicted molar refractivity (Wildman–Crippen MR) is 83.6 cm³/mol. The van der Waals surface area contributed by atoms with Crippen molar-refractivity contribution in [3.8, 4) is 0 Å². The van der Waals surface area contributed by atoms with Gasteiger partial charge in [-0.2, -0.15) is 0 Å². The number of hydrogen-bond acceptors (Lipinski definition) is 2. The lowest BCUT2D eigenvalue weighted by molar-refractivity contribution is 0.321. The molecule has 0 aliphatic heterocycles. The number of anilines is 1. The average Bonchev–Trinajstić information content (AvgIpc) is 2.41. The third-order valence-corrected chi connectivity index (χ3v) is 4.74. The summed E-state index contributed by atoms with van der Waals surface area (Å²) in [6.07, 6.45) is 5.11. The summed E-state index contributed by atoms with van der Waals surface area (Å²) in [5.74, 6) is 0.520. The van der Waals surface area contributed by atoms with Crippen LogP contribution in [0.2, 0.25) is 0 Å². The van der Waals surface area contributed by atoms with Gasteiger partial charge >= 0.3 is 0 Å². The molecule has 1 aliphatic rings. The molecule has 0 radical (unpaired) electrons. The van der Waals surface area contributed by atoms with Crippen molar-refractivity contribution in [2.24, 2.45) is 11.7 Å². The Labute approximate surface area is 122 Å². The van der Waals surface area contributed by atoms with Gasteiger partial charge in [-0.25, -0.2) is 4.39 Å². The van der Waals surface area contributed by atoms with E-state index in [0.717, 1.165) is 11.3 Å². The van der Waals surface area contributed by atoms with E-state index in [1.54, 1.807) is 6.07 Å². The van der Waals surface area contributed by atoms with Crippen LogP contribution in [0.3, 0.4) is 0 Å². The van der Waals surface area contributed by atoms with Gasteiger partial charge in [0.2, 0.25) is 0 Å². The lowest BCUT2D eigenvalue weighted by Gasteiger charge is -2.39. The minimum atomic E-state index is -0.161. The number of rotatable bonds is 3. The SMILES string of the molecule is Cc1cc(N(C)C2CCCCC2C)c([C@@H](C)N)cc1F. The summed E-state index contributed by atoms with van der Waals surface area (Å²) in [7, 11) is 2.13. The van der Waals surface area contributed by atoms with Crippen LogP contribution in [0.15, 0.2) is 12.1 Å². The molecule has 0 amide bonds. The fourth-order valence-corrected chi connectivity index (χ4v) is 3.40. The average molecular weight is 278 g/mol. The Morgan fingerprint density at radius 3 is 2.55 bits per heavy atom. The van der Waals surface area contributed by atoms with Crippen LogP contribution in [0.5, 0.6) is 0 Å². The van der Waals surface area contributed by atoms with Crippen LogP contribution in [0.1, 0.15) is 56.7 Å². The van der Waals surface area contributed by atoms with Gasteiger partial charge < -0.3 is 10.6 Å². The first-order valence-corrected chi connectivity index (χ1v) is 7.70. The Balaban J connectivity index is 2.37. The second-order valence-corrected chi connectivity index (χ2v) is 6.39. The lowest BCUT2D eigenvalue weighted by atomic mass is 9.84. The Hall–Kier alpha value is -1.09. The third kappa shape index (κ3) is 2.98. The molecule has 1 aromatic rings. The van der Waals surface area contributed by atoms with Gasteiger partial charge in [-0.05, 0) is 55.9 Å². The van der Waals surface area contributed by atoms with Crippen LogP contribution < -0.4 is 10.6 Å². The minimum Gasteiger partial charge on any atom is -0.371 e. The molecule has 3 heteroatoms. The number of benzene rings is 1. The quantitative estimate of drug-likeness (QED) is 0.899. The second kappa shape index (κ2) is 6.13. The van der Waals surface area contributed by atoms with Gasteiger partial charge in [0, 0.05) is 24.8 Å². The van der Waals surface area contributed by atoms with E-state index >= 15 is 0 Å². The molecule has 1 fully saturated rings. The molecule has 0 bridgehead atoms. The Morgan fingerprint density at radius 2 is 1.95 bits per heavy atom. The van der Waals surface area contributed by atoms with Crippen molar-refractivity contribution < 1.29 is 4.39 Å². The van der Waals surface area contributed by atoms with Crippen LogP contribution in [-0.2, 0) is 0 Å². The molecule has 0 saturated heterocycles. The van der Waals surface area contributed by atoms with Crippen molar-refractivity contribution in [3.63, 3.8) is 0 Å². The Morgan fingerprint density at radius 1 is 1.30 bits per heavy atom. The number of hydrogen-bond donors (Lipinski definition) is 1. The van der Waals surface area contributed by atoms with Crippen LogP contribution in [-0.4, -0.2) is 13.1 Å². The van der Waals surface area contributed by atoms with E-state index < -0.39 is 0 Å². The number of halogens is 1. The normalized spacial score (nSPS) is 24.5. The first-order valence-electron chi connectivity index (χ1n) is 7.70. The smallest absolute Gasteiger partial charge is 0.126 e. The van der Waals surface area contributed by atoms with E-state index in [-0.39, 0.29) is 11.9 Å². The van der Waals surface area contributed by atoms with Gasteiger partial charge in [0.15, 0.2) is 0 Å². The first kappa shape index (κ1) is 15.3.